The molecular formula is C7H10O6. The molecule has 74 valence electrons. The average Bonchev–Trinajstić information content (AvgIpc) is 2.13. The topological polar surface area (TPSA) is 78.9 Å². The van der Waals surface area contributed by atoms with Gasteiger partial charge in [-0.1, -0.05) is 0 Å². The maximum absolute atomic E-state index is 10.7. The van der Waals surface area contributed by atoms with Crippen LogP contribution in [0.4, 0.5) is 4.79 Å². The van der Waals surface area contributed by atoms with E-state index in [9.17, 15) is 14.4 Å². The van der Waals surface area contributed by atoms with Crippen LogP contribution in [0.2, 0.25) is 0 Å². The fourth-order valence-electron chi connectivity index (χ4n) is 0.454. The van der Waals surface area contributed by atoms with Crippen LogP contribution in [-0.2, 0) is 23.8 Å². The minimum absolute atomic E-state index is 0.1000. The molecular weight excluding hydrogens is 180 g/mol. The summed E-state index contributed by atoms with van der Waals surface area (Å²) in [6.45, 7) is 1.00. The van der Waals surface area contributed by atoms with Crippen molar-refractivity contribution in [2.24, 2.45) is 0 Å². The average molecular weight is 190 g/mol. The van der Waals surface area contributed by atoms with Gasteiger partial charge in [0.25, 0.3) is 5.78 Å². The number of hydrogen-bond donors (Lipinski definition) is 0. The molecule has 0 saturated heterocycles. The fourth-order valence-corrected chi connectivity index (χ4v) is 0.454. The summed E-state index contributed by atoms with van der Waals surface area (Å²) in [6, 6.07) is 0. The molecule has 0 unspecified atom stereocenters. The largest absolute Gasteiger partial charge is 0.508 e. The normalized spacial score (nSPS) is 8.77. The Morgan fingerprint density at radius 1 is 1.15 bits per heavy atom. The molecule has 13 heavy (non-hydrogen) atoms. The quantitative estimate of drug-likeness (QED) is 0.455. The summed E-state index contributed by atoms with van der Waals surface area (Å²) in [4.78, 5) is 31.7. The second-order valence-electron chi connectivity index (χ2n) is 1.89. The van der Waals surface area contributed by atoms with Crippen molar-refractivity contribution < 1.29 is 28.6 Å². The van der Waals surface area contributed by atoms with Gasteiger partial charge in [-0.25, -0.2) is 9.59 Å². The third-order valence-corrected chi connectivity index (χ3v) is 0.991. The summed E-state index contributed by atoms with van der Waals surface area (Å²) < 4.78 is 12.6. The van der Waals surface area contributed by atoms with Crippen LogP contribution in [0.25, 0.3) is 0 Å². The third kappa shape index (κ3) is 4.78. The van der Waals surface area contributed by atoms with Gasteiger partial charge in [-0.05, 0) is 6.92 Å². The van der Waals surface area contributed by atoms with Crippen LogP contribution in [0.1, 0.15) is 6.92 Å². The molecule has 0 aromatic carbocycles. The van der Waals surface area contributed by atoms with Crippen molar-refractivity contribution in [3.8, 4) is 0 Å². The van der Waals surface area contributed by atoms with Gasteiger partial charge in [-0.3, -0.25) is 4.79 Å². The summed E-state index contributed by atoms with van der Waals surface area (Å²) in [5, 5.41) is 0. The minimum Gasteiger partial charge on any atom is -0.460 e. The van der Waals surface area contributed by atoms with Crippen LogP contribution in [0.15, 0.2) is 0 Å². The summed E-state index contributed by atoms with van der Waals surface area (Å²) >= 11 is 0. The van der Waals surface area contributed by atoms with Crippen molar-refractivity contribution in [1.82, 2.24) is 0 Å². The van der Waals surface area contributed by atoms with Gasteiger partial charge in [0, 0.05) is 0 Å². The predicted octanol–water partition coefficient (Wildman–Crippen LogP) is -0.0984. The second kappa shape index (κ2) is 5.99. The van der Waals surface area contributed by atoms with Crippen molar-refractivity contribution >= 4 is 17.9 Å². The molecule has 0 aromatic heterocycles. The van der Waals surface area contributed by atoms with E-state index in [1.165, 1.54) is 0 Å². The lowest BCUT2D eigenvalue weighted by atomic mass is 10.4. The molecule has 0 spiro atoms. The molecule has 6 heteroatoms. The first kappa shape index (κ1) is 11.4. The number of carbonyl (C=O) groups is 3. The van der Waals surface area contributed by atoms with Crippen LogP contribution < -0.4 is 0 Å². The molecule has 0 aromatic rings. The molecule has 0 heterocycles. The summed E-state index contributed by atoms with van der Waals surface area (Å²) in [6.07, 6.45) is -1.02. The van der Waals surface area contributed by atoms with Crippen molar-refractivity contribution in [2.45, 2.75) is 6.92 Å². The minimum atomic E-state index is -1.02. The Morgan fingerprint density at radius 2 is 1.77 bits per heavy atom. The standard InChI is InChI=1S/C7H10O6/c1-3-12-6(9)5(8)4-13-7(10)11-2/h3-4H2,1-2H3. The summed E-state index contributed by atoms with van der Waals surface area (Å²) in [5.74, 6) is -1.95. The molecule has 0 fully saturated rings. The van der Waals surface area contributed by atoms with Crippen LogP contribution in [0.5, 0.6) is 0 Å². The molecule has 0 amide bonds. The van der Waals surface area contributed by atoms with Gasteiger partial charge < -0.3 is 14.2 Å². The molecule has 0 aliphatic heterocycles. The van der Waals surface area contributed by atoms with Crippen LogP contribution in [0.3, 0.4) is 0 Å². The first-order valence-electron chi connectivity index (χ1n) is 3.52. The first-order valence-corrected chi connectivity index (χ1v) is 3.52. The highest BCUT2D eigenvalue weighted by molar-refractivity contribution is 6.34. The van der Waals surface area contributed by atoms with Gasteiger partial charge in [-0.2, -0.15) is 0 Å². The zero-order valence-corrected chi connectivity index (χ0v) is 7.36. The van der Waals surface area contributed by atoms with Crippen molar-refractivity contribution in [1.29, 1.82) is 0 Å². The van der Waals surface area contributed by atoms with Gasteiger partial charge in [-0.15, -0.1) is 0 Å². The molecule has 0 atom stereocenters. The molecule has 0 N–H and O–H groups in total. The van der Waals surface area contributed by atoms with Crippen LogP contribution in [-0.4, -0.2) is 38.2 Å². The van der Waals surface area contributed by atoms with E-state index >= 15 is 0 Å². The molecule has 0 bridgehead atoms. The van der Waals surface area contributed by atoms with E-state index in [4.69, 9.17) is 0 Å². The van der Waals surface area contributed by atoms with Gasteiger partial charge in [0.15, 0.2) is 6.61 Å². The lowest BCUT2D eigenvalue weighted by Gasteiger charge is -2.01. The number of ketones is 1. The van der Waals surface area contributed by atoms with Gasteiger partial charge in [0.2, 0.25) is 0 Å². The zero-order valence-electron chi connectivity index (χ0n) is 7.36. The van der Waals surface area contributed by atoms with E-state index in [2.05, 4.69) is 14.2 Å². The highest BCUT2D eigenvalue weighted by Gasteiger charge is 2.16. The van der Waals surface area contributed by atoms with E-state index in [0.29, 0.717) is 0 Å². The van der Waals surface area contributed by atoms with Gasteiger partial charge in [0.05, 0.1) is 13.7 Å². The fraction of sp³-hybridized carbons (Fsp3) is 0.571. The summed E-state index contributed by atoms with van der Waals surface area (Å²) in [5.41, 5.74) is 0. The molecule has 0 radical (unpaired) electrons. The number of carbonyl (C=O) groups excluding carboxylic acids is 3. The van der Waals surface area contributed by atoms with E-state index in [1.807, 2.05) is 0 Å². The number of ether oxygens (including phenoxy) is 3. The molecule has 6 nitrogen and oxygen atoms in total. The van der Waals surface area contributed by atoms with Crippen LogP contribution >= 0.6 is 0 Å². The van der Waals surface area contributed by atoms with Gasteiger partial charge >= 0.3 is 12.1 Å². The molecule has 0 aliphatic carbocycles. The number of rotatable bonds is 4. The lowest BCUT2D eigenvalue weighted by molar-refractivity contribution is -0.154. The Bertz CT molecular complexity index is 209. The lowest BCUT2D eigenvalue weighted by Crippen LogP contribution is -2.24. The second-order valence-corrected chi connectivity index (χ2v) is 1.89. The van der Waals surface area contributed by atoms with Crippen molar-refractivity contribution in [2.75, 3.05) is 20.3 Å². The smallest absolute Gasteiger partial charge is 0.460 e. The van der Waals surface area contributed by atoms with E-state index in [0.717, 1.165) is 7.11 Å². The molecule has 0 aliphatic rings. The number of hydrogen-bond acceptors (Lipinski definition) is 6. The Hall–Kier alpha value is -1.59. The predicted molar refractivity (Wildman–Crippen MR) is 40.0 cm³/mol. The summed E-state index contributed by atoms with van der Waals surface area (Å²) in [7, 11) is 1.09. The highest BCUT2D eigenvalue weighted by Crippen LogP contribution is 1.86. The molecule has 0 rings (SSSR count). The van der Waals surface area contributed by atoms with Crippen LogP contribution in [0, 0.1) is 0 Å². The maximum atomic E-state index is 10.7. The number of methoxy groups -OCH3 is 1. The number of Topliss-reactive ketones (excluding diaryl/α,β-unsaturated/α-hetero) is 1. The SMILES string of the molecule is CCOC(=O)C(=O)COC(=O)OC. The Labute approximate surface area is 74.8 Å². The van der Waals surface area contributed by atoms with Gasteiger partial charge in [0.1, 0.15) is 0 Å². The van der Waals surface area contributed by atoms with E-state index in [-0.39, 0.29) is 6.61 Å². The third-order valence-electron chi connectivity index (χ3n) is 0.991. The Kier molecular flexibility index (Phi) is 5.25. The monoisotopic (exact) mass is 190 g/mol. The van der Waals surface area contributed by atoms with Crippen molar-refractivity contribution in [3.63, 3.8) is 0 Å². The molecule has 0 saturated carbocycles. The highest BCUT2D eigenvalue weighted by atomic mass is 16.7. The Morgan fingerprint density at radius 3 is 2.23 bits per heavy atom. The first-order chi connectivity index (χ1) is 6.11. The zero-order chi connectivity index (χ0) is 10.3. The van der Waals surface area contributed by atoms with E-state index < -0.39 is 24.5 Å². The van der Waals surface area contributed by atoms with E-state index in [1.54, 1.807) is 6.92 Å². The number of esters is 1. The maximum Gasteiger partial charge on any atom is 0.508 e. The van der Waals surface area contributed by atoms with Crippen molar-refractivity contribution in [3.05, 3.63) is 0 Å². The Balaban J connectivity index is 3.74.